The van der Waals surface area contributed by atoms with E-state index in [0.717, 1.165) is 32.0 Å². The van der Waals surface area contributed by atoms with Crippen molar-refractivity contribution in [3.8, 4) is 0 Å². The minimum absolute atomic E-state index is 0.216. The van der Waals surface area contributed by atoms with Crippen molar-refractivity contribution in [1.29, 1.82) is 0 Å². The van der Waals surface area contributed by atoms with Gasteiger partial charge in [-0.15, -0.1) is 0 Å². The Hall–Kier alpha value is -1.69. The molecule has 1 saturated heterocycles. The van der Waals surface area contributed by atoms with E-state index in [0.29, 0.717) is 18.2 Å². The minimum Gasteiger partial charge on any atom is -0.384 e. The van der Waals surface area contributed by atoms with Gasteiger partial charge in [-0.1, -0.05) is 0 Å². The van der Waals surface area contributed by atoms with E-state index in [-0.39, 0.29) is 5.69 Å². The number of rotatable bonds is 4. The van der Waals surface area contributed by atoms with Crippen molar-refractivity contribution in [3.05, 3.63) is 34.1 Å². The molecule has 0 N–H and O–H groups in total. The van der Waals surface area contributed by atoms with Crippen LogP contribution in [0.2, 0.25) is 0 Å². The first-order chi connectivity index (χ1) is 9.11. The fourth-order valence-corrected chi connectivity index (χ4v) is 2.52. The quantitative estimate of drug-likeness (QED) is 0.622. The molecule has 0 aliphatic carbocycles. The Balaban J connectivity index is 2.15. The molecule has 5 nitrogen and oxygen atoms in total. The van der Waals surface area contributed by atoms with Gasteiger partial charge in [-0.25, -0.2) is 4.39 Å². The fourth-order valence-electron chi connectivity index (χ4n) is 2.52. The van der Waals surface area contributed by atoms with Crippen LogP contribution in [0.5, 0.6) is 0 Å². The van der Waals surface area contributed by atoms with E-state index in [2.05, 4.69) is 0 Å². The lowest BCUT2D eigenvalue weighted by atomic mass is 9.98. The number of piperidine rings is 1. The minimum atomic E-state index is -0.587. The Bertz CT molecular complexity index is 465. The second-order valence-corrected chi connectivity index (χ2v) is 4.80. The number of halogens is 1. The summed E-state index contributed by atoms with van der Waals surface area (Å²) in [5.74, 6) is -0.152. The predicted molar refractivity (Wildman–Crippen MR) is 69.9 cm³/mol. The van der Waals surface area contributed by atoms with Gasteiger partial charge in [0.1, 0.15) is 0 Å². The topological polar surface area (TPSA) is 55.6 Å². The molecule has 0 unspecified atom stereocenters. The SMILES string of the molecule is COC[C@H]1CCCN(c2ccc([N+](=O)[O-])cc2F)C1. The van der Waals surface area contributed by atoms with Gasteiger partial charge >= 0.3 is 0 Å². The van der Waals surface area contributed by atoms with Gasteiger partial charge in [0.25, 0.3) is 5.69 Å². The van der Waals surface area contributed by atoms with Crippen molar-refractivity contribution in [1.82, 2.24) is 0 Å². The number of hydrogen-bond acceptors (Lipinski definition) is 4. The van der Waals surface area contributed by atoms with Gasteiger partial charge in [-0.05, 0) is 24.8 Å². The lowest BCUT2D eigenvalue weighted by Gasteiger charge is -2.34. The molecular weight excluding hydrogens is 251 g/mol. The second kappa shape index (κ2) is 5.97. The molecule has 0 spiro atoms. The molecule has 2 rings (SSSR count). The molecule has 6 heteroatoms. The summed E-state index contributed by atoms with van der Waals surface area (Å²) < 4.78 is 19.1. The van der Waals surface area contributed by atoms with Gasteiger partial charge in [-0.2, -0.15) is 0 Å². The van der Waals surface area contributed by atoms with Crippen LogP contribution in [0.25, 0.3) is 0 Å². The highest BCUT2D eigenvalue weighted by Crippen LogP contribution is 2.28. The molecule has 19 heavy (non-hydrogen) atoms. The van der Waals surface area contributed by atoms with Gasteiger partial charge in [0.15, 0.2) is 5.82 Å². The third-order valence-electron chi connectivity index (χ3n) is 3.40. The van der Waals surface area contributed by atoms with E-state index >= 15 is 0 Å². The normalized spacial score (nSPS) is 19.5. The summed E-state index contributed by atoms with van der Waals surface area (Å²) in [5.41, 5.74) is 0.220. The summed E-state index contributed by atoms with van der Waals surface area (Å²) in [6.45, 7) is 2.16. The Morgan fingerprint density at radius 1 is 1.58 bits per heavy atom. The molecule has 1 aliphatic heterocycles. The van der Waals surface area contributed by atoms with Gasteiger partial charge in [-0.3, -0.25) is 10.1 Å². The van der Waals surface area contributed by atoms with Crippen LogP contribution in [-0.2, 0) is 4.74 Å². The molecule has 1 fully saturated rings. The summed E-state index contributed by atoms with van der Waals surface area (Å²) >= 11 is 0. The summed E-state index contributed by atoms with van der Waals surface area (Å²) in [7, 11) is 1.66. The van der Waals surface area contributed by atoms with E-state index in [4.69, 9.17) is 4.74 Å². The van der Waals surface area contributed by atoms with Crippen LogP contribution < -0.4 is 4.90 Å². The van der Waals surface area contributed by atoms with Gasteiger partial charge in [0.2, 0.25) is 0 Å². The van der Waals surface area contributed by atoms with E-state index in [1.165, 1.54) is 12.1 Å². The number of nitro groups is 1. The van der Waals surface area contributed by atoms with Crippen molar-refractivity contribution in [2.24, 2.45) is 5.92 Å². The Kier molecular flexibility index (Phi) is 4.31. The van der Waals surface area contributed by atoms with Crippen LogP contribution in [-0.4, -0.2) is 31.7 Å². The maximum absolute atomic E-state index is 13.9. The summed E-state index contributed by atoms with van der Waals surface area (Å²) in [6, 6.07) is 3.82. The summed E-state index contributed by atoms with van der Waals surface area (Å²) in [4.78, 5) is 11.9. The van der Waals surface area contributed by atoms with Crippen molar-refractivity contribution in [3.63, 3.8) is 0 Å². The number of nitrogens with zero attached hydrogens (tertiary/aromatic N) is 2. The zero-order valence-corrected chi connectivity index (χ0v) is 10.8. The zero-order valence-electron chi connectivity index (χ0n) is 10.8. The molecule has 0 saturated carbocycles. The average molecular weight is 268 g/mol. The number of benzene rings is 1. The molecule has 1 atom stereocenters. The number of ether oxygens (including phenoxy) is 1. The third-order valence-corrected chi connectivity index (χ3v) is 3.40. The van der Waals surface area contributed by atoms with Gasteiger partial charge in [0, 0.05) is 26.3 Å². The van der Waals surface area contributed by atoms with Gasteiger partial charge in [0.05, 0.1) is 23.3 Å². The van der Waals surface area contributed by atoms with Crippen molar-refractivity contribution < 1.29 is 14.1 Å². The average Bonchev–Trinajstić information content (AvgIpc) is 2.39. The highest BCUT2D eigenvalue weighted by atomic mass is 19.1. The molecule has 0 radical (unpaired) electrons. The van der Waals surface area contributed by atoms with Crippen molar-refractivity contribution in [2.75, 3.05) is 31.7 Å². The maximum Gasteiger partial charge on any atom is 0.272 e. The highest BCUT2D eigenvalue weighted by molar-refractivity contribution is 5.52. The molecule has 0 aromatic heterocycles. The molecule has 1 aromatic rings. The van der Waals surface area contributed by atoms with Crippen LogP contribution in [0.1, 0.15) is 12.8 Å². The first kappa shape index (κ1) is 13.7. The smallest absolute Gasteiger partial charge is 0.272 e. The van der Waals surface area contributed by atoms with Crippen molar-refractivity contribution >= 4 is 11.4 Å². The molecule has 0 amide bonds. The Morgan fingerprint density at radius 2 is 2.37 bits per heavy atom. The molecule has 1 heterocycles. The number of anilines is 1. The largest absolute Gasteiger partial charge is 0.384 e. The second-order valence-electron chi connectivity index (χ2n) is 4.80. The molecule has 0 bridgehead atoms. The summed E-state index contributed by atoms with van der Waals surface area (Å²) in [5, 5.41) is 10.6. The van der Waals surface area contributed by atoms with Crippen LogP contribution in [0.15, 0.2) is 18.2 Å². The zero-order chi connectivity index (χ0) is 13.8. The molecule has 1 aromatic carbocycles. The highest BCUT2D eigenvalue weighted by Gasteiger charge is 2.23. The van der Waals surface area contributed by atoms with E-state index in [1.54, 1.807) is 7.11 Å². The maximum atomic E-state index is 13.9. The first-order valence-electron chi connectivity index (χ1n) is 6.29. The number of hydrogen-bond donors (Lipinski definition) is 0. The lowest BCUT2D eigenvalue weighted by molar-refractivity contribution is -0.385. The van der Waals surface area contributed by atoms with E-state index in [9.17, 15) is 14.5 Å². The standard InChI is InChI=1S/C13H17FN2O3/c1-19-9-10-3-2-6-15(8-10)13-5-4-11(16(17)18)7-12(13)14/h4-5,7,10H,2-3,6,8-9H2,1H3/t10-/m0/s1. The van der Waals surface area contributed by atoms with E-state index < -0.39 is 10.7 Å². The molecular formula is C13H17FN2O3. The predicted octanol–water partition coefficient (Wildman–Crippen LogP) is 2.60. The number of nitro benzene ring substituents is 1. The van der Waals surface area contributed by atoms with Crippen LogP contribution in [0.3, 0.4) is 0 Å². The van der Waals surface area contributed by atoms with Crippen molar-refractivity contribution in [2.45, 2.75) is 12.8 Å². The number of methoxy groups -OCH3 is 1. The lowest BCUT2D eigenvalue weighted by Crippen LogP contribution is -2.37. The van der Waals surface area contributed by atoms with E-state index in [1.807, 2.05) is 4.90 Å². The molecule has 104 valence electrons. The first-order valence-corrected chi connectivity index (χ1v) is 6.29. The fraction of sp³-hybridized carbons (Fsp3) is 0.538. The van der Waals surface area contributed by atoms with Crippen LogP contribution >= 0.6 is 0 Å². The monoisotopic (exact) mass is 268 g/mol. The Labute approximate surface area is 111 Å². The Morgan fingerprint density at radius 3 is 3.00 bits per heavy atom. The third kappa shape index (κ3) is 3.20. The van der Waals surface area contributed by atoms with Crippen LogP contribution in [0.4, 0.5) is 15.8 Å². The van der Waals surface area contributed by atoms with Gasteiger partial charge < -0.3 is 9.64 Å². The van der Waals surface area contributed by atoms with Crippen LogP contribution in [0, 0.1) is 21.8 Å². The molecule has 1 aliphatic rings. The summed E-state index contributed by atoms with van der Waals surface area (Å²) in [6.07, 6.45) is 2.05. The number of non-ortho nitro benzene ring substituents is 1.